The zero-order valence-corrected chi connectivity index (χ0v) is 65.6. The van der Waals surface area contributed by atoms with Gasteiger partial charge in [0.1, 0.15) is 26.6 Å². The van der Waals surface area contributed by atoms with E-state index in [4.69, 9.17) is 14.2 Å². The quantitative estimate of drug-likeness (QED) is 0.0546. The molecule has 2 N–H and O–H groups in total. The molecule has 0 unspecified atom stereocenters. The van der Waals surface area contributed by atoms with Crippen molar-refractivity contribution in [1.82, 2.24) is 14.7 Å². The van der Waals surface area contributed by atoms with Crippen molar-refractivity contribution in [3.05, 3.63) is 122 Å². The van der Waals surface area contributed by atoms with E-state index in [-0.39, 0.29) is 81.6 Å². The molecule has 12 rings (SSSR count). The number of methoxy groups -OCH3 is 3. The van der Waals surface area contributed by atoms with Gasteiger partial charge < -0.3 is 40.9 Å². The third kappa shape index (κ3) is 21.3. The van der Waals surface area contributed by atoms with Crippen molar-refractivity contribution in [2.45, 2.75) is 163 Å². The van der Waals surface area contributed by atoms with Crippen LogP contribution in [0.25, 0.3) is 27.8 Å². The molecular weight excluding hydrogens is 1280 g/mol. The Hall–Kier alpha value is -3.45. The number of nitrogens with zero attached hydrogens (tertiary/aromatic N) is 4. The summed E-state index contributed by atoms with van der Waals surface area (Å²) in [5.74, 6) is 4.59. The van der Waals surface area contributed by atoms with Crippen LogP contribution in [0.15, 0.2) is 75.6 Å². The number of aromatic nitrogens is 1. The van der Waals surface area contributed by atoms with Crippen molar-refractivity contribution in [1.29, 1.82) is 0 Å². The summed E-state index contributed by atoms with van der Waals surface area (Å²) in [4.78, 5) is 59.0. The number of rotatable bonds is 12. The molecule has 3 aliphatic heterocycles. The molecule has 96 heavy (non-hydrogen) atoms. The number of likely N-dealkylation sites (N-methyl/N-ethyl adjacent to an activating group) is 3. The molecule has 4 aliphatic carbocycles. The molecule has 5 aromatic rings. The molecule has 7 aliphatic rings. The van der Waals surface area contributed by atoms with Gasteiger partial charge in [0.2, 0.25) is 0 Å². The predicted molar refractivity (Wildman–Crippen MR) is 389 cm³/mol. The SMILES string of the molecule is COC(=O)c1sccc1-c1cc[n+](C)cc1C1CCC(C)CC1.COC(=O)c1sccc1C1=C(C2CCC(C)CC2)CN(C)CC1.COC(=O)c1sccc1C1=C(C2CCC(C)CC2)CN(C)CC1.Cc1cc(C2=C(C3CCC(C)CC3)CN(C)CC2)c(C(=O)O)s1.[B].[H-].[Li+].[Na+].[OH-]. The predicted octanol–water partition coefficient (Wildman–Crippen LogP) is 11.5. The van der Waals surface area contributed by atoms with Crippen molar-refractivity contribution in [3.8, 4) is 11.1 Å². The average molecular weight is 1390 g/mol. The van der Waals surface area contributed by atoms with Gasteiger partial charge in [-0.1, -0.05) is 79.1 Å². The first-order valence-electron chi connectivity index (χ1n) is 34.3. The number of carboxylic acid groups (broad SMARTS) is 1. The molecule has 0 bridgehead atoms. The van der Waals surface area contributed by atoms with Crippen molar-refractivity contribution < 1.29 is 98.4 Å². The van der Waals surface area contributed by atoms with Crippen LogP contribution < -0.4 is 53.0 Å². The first kappa shape index (κ1) is 83.2. The Bertz CT molecular complexity index is 3330. The Balaban J connectivity index is 0.000000270. The van der Waals surface area contributed by atoms with Gasteiger partial charge in [0.05, 0.1) is 21.3 Å². The molecule has 513 valence electrons. The summed E-state index contributed by atoms with van der Waals surface area (Å²) in [7, 11) is 13.0. The number of aryl methyl sites for hydroxylation is 2. The van der Waals surface area contributed by atoms with Crippen molar-refractivity contribution in [2.24, 2.45) is 48.5 Å². The Labute approximate surface area is 628 Å². The van der Waals surface area contributed by atoms with Crippen molar-refractivity contribution in [3.63, 3.8) is 0 Å². The normalized spacial score (nSPS) is 24.1. The molecule has 0 spiro atoms. The van der Waals surface area contributed by atoms with Crippen LogP contribution in [0.2, 0.25) is 0 Å². The summed E-state index contributed by atoms with van der Waals surface area (Å²) < 4.78 is 17.0. The largest absolute Gasteiger partial charge is 1.00 e. The molecule has 0 saturated heterocycles. The van der Waals surface area contributed by atoms with Gasteiger partial charge in [-0.05, 0) is 225 Å². The first-order valence-corrected chi connectivity index (χ1v) is 37.7. The monoisotopic (exact) mass is 1390 g/mol. The number of carbonyl (C=O) groups is 4. The van der Waals surface area contributed by atoms with E-state index in [0.29, 0.717) is 33.4 Å². The van der Waals surface area contributed by atoms with Gasteiger partial charge in [-0.2, -0.15) is 0 Å². The van der Waals surface area contributed by atoms with E-state index in [2.05, 4.69) is 112 Å². The van der Waals surface area contributed by atoms with E-state index < -0.39 is 5.97 Å². The van der Waals surface area contributed by atoms with Crippen molar-refractivity contribution in [2.75, 3.05) is 81.7 Å². The van der Waals surface area contributed by atoms with Gasteiger partial charge in [0.25, 0.3) is 0 Å². The smallest absolute Gasteiger partial charge is 1.00 e. The second-order valence-electron chi connectivity index (χ2n) is 28.2. The maximum atomic E-state index is 12.1. The minimum atomic E-state index is -0.777. The zero-order valence-electron chi connectivity index (χ0n) is 61.3. The fourth-order valence-corrected chi connectivity index (χ4v) is 19.1. The summed E-state index contributed by atoms with van der Waals surface area (Å²) >= 11 is 5.88. The van der Waals surface area contributed by atoms with Crippen LogP contribution in [0.4, 0.5) is 0 Å². The van der Waals surface area contributed by atoms with E-state index in [0.717, 1.165) is 119 Å². The molecule has 0 aromatic carbocycles. The topological polar surface area (TPSA) is 160 Å². The second kappa shape index (κ2) is 39.7. The van der Waals surface area contributed by atoms with Gasteiger partial charge >= 0.3 is 72.3 Å². The Kier molecular flexibility index (Phi) is 34.4. The first-order chi connectivity index (χ1) is 44.2. The standard InChI is InChI=1S/2C19H27NO2S.C19H24NO2S.C19H27NO2S.B.Li.Na.H2O.H/c3*1-13-4-6-14(7-5-13)17-12-20(2)10-8-15(17)16-9-11-23-18(16)19(21)22-3;1-12-4-6-14(7-5-12)17-11-20(3)9-8-15(17)16-10-13(2)23-18(16)19(21)22;;;;;/h2*9,11,13-14H,4-8,10,12H2,1-3H3;8-14H,4-7H2,1-3H3;10,12,14H,4-9,11H2,1-3H3,(H,21,22);;;;1H2;/q;;+1;;;2*+1;;-1/p-1. The molecule has 0 atom stereocenters. The number of thiophene rings is 4. The average Bonchev–Trinajstić information content (AvgIpc) is 1.70. The number of carboxylic acids is 1. The summed E-state index contributed by atoms with van der Waals surface area (Å²) in [6.07, 6.45) is 28.0. The maximum absolute atomic E-state index is 12.1. The molecule has 20 heteroatoms. The number of hydrogen-bond acceptors (Lipinski definition) is 15. The van der Waals surface area contributed by atoms with Gasteiger partial charge in [0, 0.05) is 86.4 Å². The molecular formula is C76H107BLiN4NaO9S4+. The van der Waals surface area contributed by atoms with E-state index >= 15 is 0 Å². The van der Waals surface area contributed by atoms with E-state index in [9.17, 15) is 24.3 Å². The van der Waals surface area contributed by atoms with Gasteiger partial charge in [-0.25, -0.2) is 23.7 Å². The van der Waals surface area contributed by atoms with E-state index in [1.807, 2.05) is 29.1 Å². The number of aromatic carboxylic acids is 1. The fourth-order valence-electron chi connectivity index (χ4n) is 15.7. The van der Waals surface area contributed by atoms with Crippen LogP contribution in [0.3, 0.4) is 0 Å². The van der Waals surface area contributed by atoms with Gasteiger partial charge in [0.15, 0.2) is 12.4 Å². The molecule has 4 fully saturated rings. The van der Waals surface area contributed by atoms with E-state index in [1.54, 1.807) is 11.1 Å². The fraction of sp³-hybridized carbons (Fsp3) is 0.592. The summed E-state index contributed by atoms with van der Waals surface area (Å²) in [5, 5.41) is 15.6. The molecule has 5 aromatic heterocycles. The Morgan fingerprint density at radius 3 is 1.17 bits per heavy atom. The molecule has 13 nitrogen and oxygen atoms in total. The van der Waals surface area contributed by atoms with Crippen molar-refractivity contribution >= 4 is 94.4 Å². The molecule has 4 saturated carbocycles. The number of esters is 3. The summed E-state index contributed by atoms with van der Waals surface area (Å²) in [6, 6.07) is 10.5. The minimum Gasteiger partial charge on any atom is -1.00 e. The summed E-state index contributed by atoms with van der Waals surface area (Å²) in [6.45, 7) is 17.7. The third-order valence-corrected chi connectivity index (χ3v) is 25.0. The molecule has 3 radical (unpaired) electrons. The maximum Gasteiger partial charge on any atom is 1.00 e. The van der Waals surface area contributed by atoms with Crippen LogP contribution in [0, 0.1) is 48.3 Å². The second-order valence-corrected chi connectivity index (χ2v) is 32.2. The van der Waals surface area contributed by atoms with Crippen LogP contribution in [-0.2, 0) is 21.3 Å². The van der Waals surface area contributed by atoms with Gasteiger partial charge in [-0.3, -0.25) is 0 Å². The minimum absolute atomic E-state index is 0. The zero-order chi connectivity index (χ0) is 65.8. The summed E-state index contributed by atoms with van der Waals surface area (Å²) in [5.41, 5.74) is 15.7. The third-order valence-electron chi connectivity index (χ3n) is 21.2. The molecule has 0 amide bonds. The Morgan fingerprint density at radius 1 is 0.500 bits per heavy atom. The van der Waals surface area contributed by atoms with Gasteiger partial charge in [-0.15, -0.1) is 45.3 Å². The number of hydrogen-bond donors (Lipinski definition) is 1. The van der Waals surface area contributed by atoms with Crippen LogP contribution >= 0.6 is 45.3 Å². The number of pyridine rings is 1. The Morgan fingerprint density at radius 2 is 0.823 bits per heavy atom. The van der Waals surface area contributed by atoms with Crippen LogP contribution in [0.1, 0.15) is 223 Å². The van der Waals surface area contributed by atoms with E-state index in [1.165, 1.54) is 203 Å². The van der Waals surface area contributed by atoms with Crippen LogP contribution in [-0.4, -0.2) is 139 Å². The number of ether oxygens (including phenoxy) is 3. The number of carbonyl (C=O) groups excluding carboxylic acids is 3. The molecule has 8 heterocycles. The van der Waals surface area contributed by atoms with Crippen LogP contribution in [0.5, 0.6) is 0 Å².